The summed E-state index contributed by atoms with van der Waals surface area (Å²) in [6, 6.07) is 17.2. The van der Waals surface area contributed by atoms with E-state index < -0.39 is 0 Å². The number of hydrogen-bond acceptors (Lipinski definition) is 5. The van der Waals surface area contributed by atoms with Crippen LogP contribution in [-0.4, -0.2) is 17.9 Å². The SMILES string of the molecule is CC(=O)C(=Cc1cccc(C#N)c1)C(C)=O.N#Cc1cccc(C=O)c1. The van der Waals surface area contributed by atoms with E-state index in [0.29, 0.717) is 22.3 Å². The Bertz CT molecular complexity index is 928. The van der Waals surface area contributed by atoms with Gasteiger partial charge in [0.05, 0.1) is 28.8 Å². The molecule has 0 N–H and O–H groups in total. The third kappa shape index (κ3) is 6.35. The maximum Gasteiger partial charge on any atom is 0.163 e. The molecule has 0 aliphatic heterocycles. The van der Waals surface area contributed by atoms with Gasteiger partial charge in [0.2, 0.25) is 0 Å². The van der Waals surface area contributed by atoms with Crippen molar-refractivity contribution in [3.8, 4) is 12.1 Å². The summed E-state index contributed by atoms with van der Waals surface area (Å²) in [4.78, 5) is 32.5. The van der Waals surface area contributed by atoms with Crippen LogP contribution < -0.4 is 0 Å². The molecule has 0 amide bonds. The van der Waals surface area contributed by atoms with E-state index in [1.54, 1.807) is 48.5 Å². The van der Waals surface area contributed by atoms with Gasteiger partial charge in [0.25, 0.3) is 0 Å². The summed E-state index contributed by atoms with van der Waals surface area (Å²) in [5.74, 6) is -0.537. The Hall–Kier alpha value is -3.83. The first-order valence-electron chi connectivity index (χ1n) is 7.60. The van der Waals surface area contributed by atoms with Crippen LogP contribution in [0.2, 0.25) is 0 Å². The molecule has 0 atom stereocenters. The van der Waals surface area contributed by atoms with E-state index in [1.807, 2.05) is 12.1 Å². The zero-order chi connectivity index (χ0) is 19.5. The molecule has 0 aliphatic rings. The summed E-state index contributed by atoms with van der Waals surface area (Å²) in [5, 5.41) is 17.1. The van der Waals surface area contributed by atoms with Crippen LogP contribution in [-0.2, 0) is 9.59 Å². The lowest BCUT2D eigenvalue weighted by Gasteiger charge is -1.99. The number of nitriles is 2. The van der Waals surface area contributed by atoms with Crippen LogP contribution >= 0.6 is 0 Å². The predicted octanol–water partition coefficient (Wildman–Crippen LogP) is 3.49. The van der Waals surface area contributed by atoms with Crippen molar-refractivity contribution in [3.63, 3.8) is 0 Å². The van der Waals surface area contributed by atoms with E-state index in [-0.39, 0.29) is 17.1 Å². The van der Waals surface area contributed by atoms with Crippen LogP contribution in [0.4, 0.5) is 0 Å². The fourth-order valence-electron chi connectivity index (χ4n) is 2.00. The van der Waals surface area contributed by atoms with Gasteiger partial charge in [-0.2, -0.15) is 10.5 Å². The summed E-state index contributed by atoms with van der Waals surface area (Å²) in [6.45, 7) is 2.70. The van der Waals surface area contributed by atoms with Crippen molar-refractivity contribution >= 4 is 23.9 Å². The monoisotopic (exact) mass is 344 g/mol. The van der Waals surface area contributed by atoms with Gasteiger partial charge in [-0.05, 0) is 49.8 Å². The van der Waals surface area contributed by atoms with Gasteiger partial charge in [0, 0.05) is 5.56 Å². The predicted molar refractivity (Wildman–Crippen MR) is 97.0 cm³/mol. The number of benzene rings is 2. The molecule has 0 bridgehead atoms. The molecule has 2 aromatic rings. The maximum atomic E-state index is 11.2. The number of Topliss-reactive ketones (excluding diaryl/α,β-unsaturated/α-hetero) is 2. The molecule has 0 aliphatic carbocycles. The second-order valence-corrected chi connectivity index (χ2v) is 5.26. The lowest BCUT2D eigenvalue weighted by atomic mass is 10.0. The Morgan fingerprint density at radius 3 is 1.73 bits per heavy atom. The second-order valence-electron chi connectivity index (χ2n) is 5.26. The molecule has 5 heteroatoms. The van der Waals surface area contributed by atoms with E-state index in [9.17, 15) is 14.4 Å². The topological polar surface area (TPSA) is 98.8 Å². The minimum absolute atomic E-state index is 0.148. The highest BCUT2D eigenvalue weighted by Gasteiger charge is 2.09. The van der Waals surface area contributed by atoms with Crippen LogP contribution in [0.15, 0.2) is 54.1 Å². The number of rotatable bonds is 4. The zero-order valence-electron chi connectivity index (χ0n) is 14.4. The first-order valence-corrected chi connectivity index (χ1v) is 7.60. The van der Waals surface area contributed by atoms with Crippen molar-refractivity contribution in [2.75, 3.05) is 0 Å². The third-order valence-corrected chi connectivity index (χ3v) is 3.24. The molecule has 0 fully saturated rings. The summed E-state index contributed by atoms with van der Waals surface area (Å²) in [5.41, 5.74) is 2.39. The van der Waals surface area contributed by atoms with Gasteiger partial charge < -0.3 is 0 Å². The highest BCUT2D eigenvalue weighted by Crippen LogP contribution is 2.10. The number of ketones is 2. The van der Waals surface area contributed by atoms with Crippen molar-refractivity contribution in [3.05, 3.63) is 76.4 Å². The number of hydrogen-bond donors (Lipinski definition) is 0. The van der Waals surface area contributed by atoms with Crippen LogP contribution in [0.5, 0.6) is 0 Å². The highest BCUT2D eigenvalue weighted by molar-refractivity contribution is 6.21. The van der Waals surface area contributed by atoms with Crippen molar-refractivity contribution in [2.24, 2.45) is 0 Å². The van der Waals surface area contributed by atoms with E-state index in [2.05, 4.69) is 0 Å². The van der Waals surface area contributed by atoms with Gasteiger partial charge in [0.1, 0.15) is 6.29 Å². The van der Waals surface area contributed by atoms with Gasteiger partial charge in [-0.25, -0.2) is 0 Å². The fourth-order valence-corrected chi connectivity index (χ4v) is 2.00. The molecule has 0 radical (unpaired) electrons. The van der Waals surface area contributed by atoms with Crippen molar-refractivity contribution in [2.45, 2.75) is 13.8 Å². The quantitative estimate of drug-likeness (QED) is 0.366. The lowest BCUT2D eigenvalue weighted by molar-refractivity contribution is -0.119. The van der Waals surface area contributed by atoms with E-state index in [0.717, 1.165) is 6.29 Å². The average molecular weight is 344 g/mol. The minimum atomic E-state index is -0.269. The summed E-state index contributed by atoms with van der Waals surface area (Å²) >= 11 is 0. The molecule has 0 saturated heterocycles. The molecule has 5 nitrogen and oxygen atoms in total. The Morgan fingerprint density at radius 1 is 0.846 bits per heavy atom. The first-order chi connectivity index (χ1) is 12.4. The summed E-state index contributed by atoms with van der Waals surface area (Å²) in [7, 11) is 0. The smallest absolute Gasteiger partial charge is 0.163 e. The van der Waals surface area contributed by atoms with Crippen molar-refractivity contribution in [1.29, 1.82) is 10.5 Å². The van der Waals surface area contributed by atoms with Crippen LogP contribution in [0.1, 0.15) is 40.9 Å². The molecular weight excluding hydrogens is 328 g/mol. The first kappa shape index (κ1) is 20.2. The van der Waals surface area contributed by atoms with Crippen LogP contribution in [0, 0.1) is 22.7 Å². The standard InChI is InChI=1S/C13H11NO2.C8H5NO/c1-9(15)13(10(2)16)7-11-4-3-5-12(6-11)8-14;9-5-7-2-1-3-8(4-7)6-10/h3-7H,1-2H3;1-4,6H. The minimum Gasteiger partial charge on any atom is -0.298 e. The van der Waals surface area contributed by atoms with Gasteiger partial charge in [0.15, 0.2) is 11.6 Å². The Labute approximate surface area is 151 Å². The molecule has 2 aromatic carbocycles. The van der Waals surface area contributed by atoms with E-state index in [1.165, 1.54) is 19.9 Å². The molecule has 0 heterocycles. The third-order valence-electron chi connectivity index (χ3n) is 3.24. The van der Waals surface area contributed by atoms with E-state index >= 15 is 0 Å². The second kappa shape index (κ2) is 10.1. The van der Waals surface area contributed by atoms with Crippen molar-refractivity contribution < 1.29 is 14.4 Å². The molecule has 26 heavy (non-hydrogen) atoms. The Balaban J connectivity index is 0.000000289. The van der Waals surface area contributed by atoms with Gasteiger partial charge in [-0.15, -0.1) is 0 Å². The summed E-state index contributed by atoms with van der Waals surface area (Å²) in [6.07, 6.45) is 2.23. The van der Waals surface area contributed by atoms with Gasteiger partial charge in [-0.1, -0.05) is 24.3 Å². The summed E-state index contributed by atoms with van der Waals surface area (Å²) < 4.78 is 0. The molecule has 0 spiro atoms. The average Bonchev–Trinajstić information content (AvgIpc) is 2.66. The van der Waals surface area contributed by atoms with Crippen molar-refractivity contribution in [1.82, 2.24) is 0 Å². The molecule has 128 valence electrons. The molecule has 0 unspecified atom stereocenters. The zero-order valence-corrected chi connectivity index (χ0v) is 14.4. The molecule has 0 saturated carbocycles. The van der Waals surface area contributed by atoms with Crippen LogP contribution in [0.25, 0.3) is 6.08 Å². The van der Waals surface area contributed by atoms with Crippen LogP contribution in [0.3, 0.4) is 0 Å². The Morgan fingerprint density at radius 2 is 1.31 bits per heavy atom. The lowest BCUT2D eigenvalue weighted by Crippen LogP contribution is -2.05. The van der Waals surface area contributed by atoms with Gasteiger partial charge in [-0.3, -0.25) is 14.4 Å². The number of nitrogens with zero attached hydrogens (tertiary/aromatic N) is 2. The number of carbonyl (C=O) groups excluding carboxylic acids is 3. The largest absolute Gasteiger partial charge is 0.298 e. The van der Waals surface area contributed by atoms with E-state index in [4.69, 9.17) is 10.5 Å². The molecular formula is C21H16N2O3. The maximum absolute atomic E-state index is 11.2. The van der Waals surface area contributed by atoms with Gasteiger partial charge >= 0.3 is 0 Å². The fraction of sp³-hybridized carbons (Fsp3) is 0.0952. The number of carbonyl (C=O) groups is 3. The highest BCUT2D eigenvalue weighted by atomic mass is 16.1. The molecule has 0 aromatic heterocycles. The normalized spacial score (nSPS) is 8.77. The molecule has 2 rings (SSSR count). The Kier molecular flexibility index (Phi) is 7.87. The number of allylic oxidation sites excluding steroid dienone is 1. The number of aldehydes is 1.